The normalized spacial score (nSPS) is 24.8. The number of nitrogens with one attached hydrogen (secondary N) is 4. The molecule has 56 heavy (non-hydrogen) atoms. The number of halogens is 1. The van der Waals surface area contributed by atoms with E-state index in [9.17, 15) is 32.0 Å². The Hall–Kier alpha value is -3.72. The second-order valence-corrected chi connectivity index (χ2v) is 19.1. The smallest absolute Gasteiger partial charge is 0.407 e. The van der Waals surface area contributed by atoms with Gasteiger partial charge in [0.1, 0.15) is 17.3 Å². The Kier molecular flexibility index (Phi) is 13.3. The van der Waals surface area contributed by atoms with Crippen molar-refractivity contribution in [1.82, 2.24) is 24.2 Å². The number of likely N-dealkylation sites (tertiary alicyclic amines) is 1. The minimum absolute atomic E-state index is 0.0175. The fraction of sp³-hybridized carbons (Fsp3) is 0.707. The molecule has 2 saturated heterocycles. The Morgan fingerprint density at radius 1 is 0.929 bits per heavy atom. The summed E-state index contributed by atoms with van der Waals surface area (Å²) in [5.74, 6) is -0.841. The molecule has 4 amide bonds. The summed E-state index contributed by atoms with van der Waals surface area (Å²) in [5, 5.41) is 6.67. The molecule has 0 bridgehead atoms. The summed E-state index contributed by atoms with van der Waals surface area (Å²) in [4.78, 5) is 59.3. The molecule has 15 heteroatoms. The monoisotopic (exact) mass is 800 g/mol. The molecule has 2 aliphatic carbocycles. The molecular formula is C41H61FN6O7S. The Labute approximate surface area is 330 Å². The second kappa shape index (κ2) is 17.8. The molecule has 2 aromatic rings. The lowest BCUT2D eigenvalue weighted by Gasteiger charge is -2.37. The number of alkyl carbamates (subject to hydrolysis) is 1. The molecule has 1 aromatic heterocycles. The van der Waals surface area contributed by atoms with Gasteiger partial charge in [-0.15, -0.1) is 0 Å². The maximum absolute atomic E-state index is 14.4. The van der Waals surface area contributed by atoms with Crippen LogP contribution in [0.25, 0.3) is 10.9 Å². The number of benzene rings is 1. The summed E-state index contributed by atoms with van der Waals surface area (Å²) in [6, 6.07) is 4.29. The summed E-state index contributed by atoms with van der Waals surface area (Å²) in [6.45, 7) is 7.79. The second-order valence-electron chi connectivity index (χ2n) is 17.4. The van der Waals surface area contributed by atoms with Crippen LogP contribution in [0.3, 0.4) is 0 Å². The number of aromatic amines is 1. The first-order valence-corrected chi connectivity index (χ1v) is 22.2. The first-order chi connectivity index (χ1) is 26.6. The number of ether oxygens (including phenoxy) is 1. The van der Waals surface area contributed by atoms with E-state index < -0.39 is 40.5 Å². The molecule has 4 fully saturated rings. The summed E-state index contributed by atoms with van der Waals surface area (Å²) in [5.41, 5.74) is 1.18. The highest BCUT2D eigenvalue weighted by Gasteiger charge is 2.47. The number of amides is 4. The lowest BCUT2D eigenvalue weighted by molar-refractivity contribution is -0.142. The van der Waals surface area contributed by atoms with Gasteiger partial charge >= 0.3 is 16.3 Å². The van der Waals surface area contributed by atoms with Gasteiger partial charge in [0.25, 0.3) is 5.91 Å². The molecule has 13 nitrogen and oxygen atoms in total. The van der Waals surface area contributed by atoms with Crippen molar-refractivity contribution in [3.05, 3.63) is 29.5 Å². The van der Waals surface area contributed by atoms with E-state index in [0.29, 0.717) is 73.4 Å². The van der Waals surface area contributed by atoms with Crippen LogP contribution in [0.4, 0.5) is 14.9 Å². The molecule has 0 spiro atoms. The molecule has 0 unspecified atom stereocenters. The number of aromatic nitrogens is 1. The van der Waals surface area contributed by atoms with E-state index in [1.165, 1.54) is 10.7 Å². The maximum atomic E-state index is 14.4. The Morgan fingerprint density at radius 2 is 1.61 bits per heavy atom. The first-order valence-electron chi connectivity index (χ1n) is 20.8. The van der Waals surface area contributed by atoms with Crippen LogP contribution in [-0.4, -0.2) is 90.4 Å². The minimum atomic E-state index is -3.98. The third-order valence-electron chi connectivity index (χ3n) is 12.5. The highest BCUT2D eigenvalue weighted by Crippen LogP contribution is 2.42. The lowest BCUT2D eigenvalue weighted by Crippen LogP contribution is -2.50. The van der Waals surface area contributed by atoms with Gasteiger partial charge in [0.05, 0.1) is 6.67 Å². The molecule has 2 saturated carbocycles. The third-order valence-corrected chi connectivity index (χ3v) is 14.0. The fourth-order valence-electron chi connectivity index (χ4n) is 9.65. The molecule has 4 N–H and O–H groups in total. The Morgan fingerprint density at radius 3 is 2.27 bits per heavy atom. The van der Waals surface area contributed by atoms with Crippen LogP contribution < -0.4 is 15.4 Å². The number of hydrogen-bond acceptors (Lipinski definition) is 7. The number of rotatable bonds is 11. The summed E-state index contributed by atoms with van der Waals surface area (Å²) >= 11 is 0. The zero-order valence-electron chi connectivity index (χ0n) is 33.5. The molecule has 6 rings (SSSR count). The topological polar surface area (TPSA) is 170 Å². The molecule has 0 radical (unpaired) electrons. The minimum Gasteiger partial charge on any atom is -0.444 e. The number of anilines is 1. The predicted octanol–water partition coefficient (Wildman–Crippen LogP) is 6.73. The van der Waals surface area contributed by atoms with Crippen molar-refractivity contribution >= 4 is 50.6 Å². The number of alkyl halides is 1. The van der Waals surface area contributed by atoms with Gasteiger partial charge in [-0.2, -0.15) is 12.7 Å². The zero-order chi connectivity index (χ0) is 40.2. The van der Waals surface area contributed by atoms with Crippen LogP contribution in [-0.2, 0) is 24.5 Å². The average Bonchev–Trinajstić information content (AvgIpc) is 3.76. The van der Waals surface area contributed by atoms with Gasteiger partial charge < -0.3 is 25.3 Å². The van der Waals surface area contributed by atoms with Crippen molar-refractivity contribution in [3.8, 4) is 0 Å². The van der Waals surface area contributed by atoms with Crippen LogP contribution in [0.5, 0.6) is 0 Å². The number of H-pyrrole nitrogens is 1. The fourth-order valence-corrected chi connectivity index (χ4v) is 10.9. The van der Waals surface area contributed by atoms with Crippen LogP contribution in [0.15, 0.2) is 18.2 Å². The van der Waals surface area contributed by atoms with Crippen LogP contribution in [0.2, 0.25) is 0 Å². The van der Waals surface area contributed by atoms with Crippen molar-refractivity contribution in [2.45, 2.75) is 135 Å². The Bertz CT molecular complexity index is 1840. The number of nitrogens with zero attached hydrogens (tertiary/aromatic N) is 2. The van der Waals surface area contributed by atoms with E-state index in [-0.39, 0.29) is 47.7 Å². The van der Waals surface area contributed by atoms with Crippen molar-refractivity contribution in [2.24, 2.45) is 23.7 Å². The van der Waals surface area contributed by atoms with Crippen LogP contribution in [0.1, 0.15) is 127 Å². The molecule has 3 heterocycles. The lowest BCUT2D eigenvalue weighted by atomic mass is 9.75. The van der Waals surface area contributed by atoms with Gasteiger partial charge in [-0.3, -0.25) is 18.8 Å². The maximum Gasteiger partial charge on any atom is 0.407 e. The van der Waals surface area contributed by atoms with Crippen molar-refractivity contribution in [3.63, 3.8) is 0 Å². The van der Waals surface area contributed by atoms with Crippen LogP contribution >= 0.6 is 0 Å². The van der Waals surface area contributed by atoms with Gasteiger partial charge in [-0.05, 0) is 121 Å². The SMILES string of the molecule is Cc1c(C(=O)NS(=O)(=O)N2CCCCC2)[nH]c2ccc(NC(=O)[C@@H]3[C@H](C4CCCCC4)CCN3C(=O)C3CCC([C@@H](CCF)NC(=O)OC(C)(C)C)CC3)cc12. The van der Waals surface area contributed by atoms with Gasteiger partial charge in [-0.25, -0.2) is 9.52 Å². The van der Waals surface area contributed by atoms with Crippen LogP contribution in [0, 0.1) is 30.6 Å². The number of aryl methyl sites for hydroxylation is 1. The van der Waals surface area contributed by atoms with E-state index in [2.05, 4.69) is 20.3 Å². The number of fused-ring (bicyclic) bond motifs is 1. The van der Waals surface area contributed by atoms with Gasteiger partial charge in [0.15, 0.2) is 0 Å². The van der Waals surface area contributed by atoms with E-state index in [4.69, 9.17) is 4.74 Å². The van der Waals surface area contributed by atoms with Gasteiger partial charge in [0, 0.05) is 48.2 Å². The summed E-state index contributed by atoms with van der Waals surface area (Å²) < 4.78 is 48.4. The van der Waals surface area contributed by atoms with E-state index in [1.807, 2.05) is 4.90 Å². The predicted molar refractivity (Wildman–Crippen MR) is 213 cm³/mol. The molecule has 310 valence electrons. The molecule has 1 aromatic carbocycles. The standard InChI is InChI=1S/C41H61FN6O7S/c1-26-32-25-30(17-18-34(32)44-35(26)37(49)46-56(53,54)47-22-9-6-10-23-47)43-38(50)36-31(27-11-7-5-8-12-27)20-24-48(36)39(51)29-15-13-28(14-16-29)33(19-21-42)45-40(52)55-41(2,3)4/h17-18,25,27-29,31,33,36,44H,5-16,19-24H2,1-4H3,(H,43,50)(H,45,52)(H,46,49)/t28?,29?,31-,33+,36-/m0/s1. The van der Waals surface area contributed by atoms with Gasteiger partial charge in [0.2, 0.25) is 11.8 Å². The van der Waals surface area contributed by atoms with E-state index in [0.717, 1.165) is 51.4 Å². The summed E-state index contributed by atoms with van der Waals surface area (Å²) in [6.07, 6.45) is 10.8. The zero-order valence-corrected chi connectivity index (χ0v) is 34.3. The summed E-state index contributed by atoms with van der Waals surface area (Å²) in [7, 11) is -3.98. The van der Waals surface area contributed by atoms with E-state index >= 15 is 0 Å². The average molecular weight is 801 g/mol. The van der Waals surface area contributed by atoms with Crippen molar-refractivity contribution in [2.75, 3.05) is 31.6 Å². The molecule has 3 atom stereocenters. The number of hydrogen-bond donors (Lipinski definition) is 4. The van der Waals surface area contributed by atoms with Crippen molar-refractivity contribution in [1.29, 1.82) is 0 Å². The number of carbonyl (C=O) groups is 4. The quantitative estimate of drug-likeness (QED) is 0.195. The molecular weight excluding hydrogens is 740 g/mol. The molecule has 2 aliphatic heterocycles. The number of carbonyl (C=O) groups excluding carboxylic acids is 4. The van der Waals surface area contributed by atoms with Gasteiger partial charge in [-0.1, -0.05) is 38.5 Å². The first kappa shape index (κ1) is 41.9. The largest absolute Gasteiger partial charge is 0.444 e. The van der Waals surface area contributed by atoms with E-state index in [1.54, 1.807) is 45.9 Å². The van der Waals surface area contributed by atoms with Crippen molar-refractivity contribution < 1.29 is 36.7 Å². The highest BCUT2D eigenvalue weighted by molar-refractivity contribution is 7.87. The Balaban J connectivity index is 1.15. The molecule has 4 aliphatic rings. The number of piperidine rings is 1. The highest BCUT2D eigenvalue weighted by atomic mass is 32.2. The third kappa shape index (κ3) is 9.86.